The second-order valence-corrected chi connectivity index (χ2v) is 5.46. The Bertz CT molecular complexity index is 706. The van der Waals surface area contributed by atoms with Crippen molar-refractivity contribution in [2.45, 2.75) is 54.4 Å². The predicted octanol–water partition coefficient (Wildman–Crippen LogP) is 7.33. The van der Waals surface area contributed by atoms with Crippen LogP contribution in [0.15, 0.2) is 60.7 Å². The minimum atomic E-state index is 0.963. The molecule has 0 atom stereocenters. The maximum absolute atomic E-state index is 4.20. The largest absolute Gasteiger partial charge is 0.0990 e. The summed E-state index contributed by atoms with van der Waals surface area (Å²) >= 11 is 0. The normalized spacial score (nSPS) is 19.4. The molecular weight excluding hydrogens is 288 g/mol. The molecule has 0 heteroatoms. The smallest absolute Gasteiger partial charge is 0.00166 e. The summed E-state index contributed by atoms with van der Waals surface area (Å²) < 4.78 is 0. The maximum Gasteiger partial charge on any atom is -0.00166 e. The van der Waals surface area contributed by atoms with Crippen molar-refractivity contribution >= 4 is 11.1 Å². The van der Waals surface area contributed by atoms with Crippen molar-refractivity contribution in [3.05, 3.63) is 83.0 Å². The molecule has 0 aromatic heterocycles. The summed E-state index contributed by atoms with van der Waals surface area (Å²) in [4.78, 5) is 0. The lowest BCUT2D eigenvalue weighted by atomic mass is 9.98. The number of hydrogen-bond acceptors (Lipinski definition) is 0. The molecule has 2 aliphatic carbocycles. The molecule has 128 valence electrons. The van der Waals surface area contributed by atoms with Crippen LogP contribution in [0.5, 0.6) is 0 Å². The summed E-state index contributed by atoms with van der Waals surface area (Å²) in [6.07, 6.45) is 10.4. The van der Waals surface area contributed by atoms with Crippen molar-refractivity contribution < 1.29 is 0 Å². The quantitative estimate of drug-likeness (QED) is 0.508. The molecule has 24 heavy (non-hydrogen) atoms. The van der Waals surface area contributed by atoms with Gasteiger partial charge in [0.1, 0.15) is 0 Å². The van der Waals surface area contributed by atoms with Gasteiger partial charge in [0.15, 0.2) is 0 Å². The van der Waals surface area contributed by atoms with Crippen LogP contribution in [0.2, 0.25) is 0 Å². The third-order valence-electron chi connectivity index (χ3n) is 4.34. The molecule has 0 unspecified atom stereocenters. The molecule has 0 spiro atoms. The van der Waals surface area contributed by atoms with Crippen LogP contribution in [0, 0.1) is 0 Å². The first-order chi connectivity index (χ1) is 11.7. The number of allylic oxidation sites excluding steroid dienone is 8. The summed E-state index contributed by atoms with van der Waals surface area (Å²) in [7, 11) is 0. The molecule has 0 N–H and O–H groups in total. The average Bonchev–Trinajstić information content (AvgIpc) is 3.13. The van der Waals surface area contributed by atoms with E-state index in [9.17, 15) is 0 Å². The molecule has 2 aliphatic rings. The first-order valence-corrected chi connectivity index (χ1v) is 9.18. The molecule has 0 saturated heterocycles. The zero-order chi connectivity index (χ0) is 18.3. The van der Waals surface area contributed by atoms with Crippen molar-refractivity contribution in [1.82, 2.24) is 0 Å². The standard InChI is InChI=1S/C20H20.2C2H6/c1-5-8-18-13(4)9-15-11-19-16(12-20(15)18)10-14(6-2)17(19)7-3;2*1-2/h5-8,11-12H,1,4,9-10H2,2-3H3;2*1-2H3/b14-6-,17-7+,18-8+;;. The number of fused-ring (bicyclic) bond motifs is 2. The topological polar surface area (TPSA) is 0 Å². The lowest BCUT2D eigenvalue weighted by Gasteiger charge is -2.06. The van der Waals surface area contributed by atoms with E-state index < -0.39 is 0 Å². The van der Waals surface area contributed by atoms with Crippen molar-refractivity contribution in [2.24, 2.45) is 0 Å². The fourth-order valence-electron chi connectivity index (χ4n) is 3.40. The number of hydrogen-bond donors (Lipinski definition) is 0. The number of rotatable bonds is 1. The van der Waals surface area contributed by atoms with Gasteiger partial charge in [0.25, 0.3) is 0 Å². The van der Waals surface area contributed by atoms with Crippen LogP contribution in [0.4, 0.5) is 0 Å². The Morgan fingerprint density at radius 2 is 1.38 bits per heavy atom. The Balaban J connectivity index is 0.000000671. The van der Waals surface area contributed by atoms with Gasteiger partial charge in [0.05, 0.1) is 0 Å². The van der Waals surface area contributed by atoms with Gasteiger partial charge in [0.2, 0.25) is 0 Å². The van der Waals surface area contributed by atoms with Crippen LogP contribution in [0.25, 0.3) is 11.1 Å². The summed E-state index contributed by atoms with van der Waals surface area (Å²) in [5, 5.41) is 0. The molecule has 0 heterocycles. The lowest BCUT2D eigenvalue weighted by molar-refractivity contribution is 1.23. The van der Waals surface area contributed by atoms with E-state index in [1.807, 2.05) is 33.8 Å². The Hall–Kier alpha value is -2.08. The van der Waals surface area contributed by atoms with E-state index in [1.165, 1.54) is 44.5 Å². The Labute approximate surface area is 149 Å². The van der Waals surface area contributed by atoms with Crippen LogP contribution < -0.4 is 0 Å². The third-order valence-corrected chi connectivity index (χ3v) is 4.34. The van der Waals surface area contributed by atoms with Crippen LogP contribution >= 0.6 is 0 Å². The van der Waals surface area contributed by atoms with Gasteiger partial charge < -0.3 is 0 Å². The molecule has 0 saturated carbocycles. The molecule has 0 bridgehead atoms. The Morgan fingerprint density at radius 1 is 0.833 bits per heavy atom. The SMILES string of the molecule is C=C/C=C1\C(=C)Cc2cc3c(cc21)CC(=C/C)/C3=C\C.CC.CC. The molecule has 1 aromatic carbocycles. The summed E-state index contributed by atoms with van der Waals surface area (Å²) in [5.41, 5.74) is 10.9. The predicted molar refractivity (Wildman–Crippen MR) is 111 cm³/mol. The highest BCUT2D eigenvalue weighted by Gasteiger charge is 2.26. The fourth-order valence-corrected chi connectivity index (χ4v) is 3.40. The Morgan fingerprint density at radius 3 is 1.88 bits per heavy atom. The highest BCUT2D eigenvalue weighted by Crippen LogP contribution is 2.43. The fraction of sp³-hybridized carbons (Fsp3) is 0.333. The van der Waals surface area contributed by atoms with E-state index in [0.717, 1.165) is 12.8 Å². The molecule has 0 aliphatic heterocycles. The van der Waals surface area contributed by atoms with Crippen LogP contribution in [0.1, 0.15) is 63.8 Å². The van der Waals surface area contributed by atoms with E-state index in [2.05, 4.69) is 57.4 Å². The van der Waals surface area contributed by atoms with E-state index in [4.69, 9.17) is 0 Å². The van der Waals surface area contributed by atoms with E-state index in [0.29, 0.717) is 0 Å². The second kappa shape index (κ2) is 9.27. The van der Waals surface area contributed by atoms with Crippen molar-refractivity contribution in [2.75, 3.05) is 0 Å². The average molecular weight is 321 g/mol. The first-order valence-electron chi connectivity index (χ1n) is 9.18. The second-order valence-electron chi connectivity index (χ2n) is 5.46. The molecule has 3 rings (SSSR count). The van der Waals surface area contributed by atoms with Gasteiger partial charge in [-0.15, -0.1) is 0 Å². The van der Waals surface area contributed by atoms with Crippen LogP contribution in [-0.2, 0) is 12.8 Å². The highest BCUT2D eigenvalue weighted by molar-refractivity contribution is 5.92. The van der Waals surface area contributed by atoms with Crippen molar-refractivity contribution in [3.63, 3.8) is 0 Å². The monoisotopic (exact) mass is 320 g/mol. The van der Waals surface area contributed by atoms with Gasteiger partial charge in [0, 0.05) is 0 Å². The lowest BCUT2D eigenvalue weighted by Crippen LogP contribution is -1.88. The van der Waals surface area contributed by atoms with Gasteiger partial charge in [-0.05, 0) is 83.4 Å². The third kappa shape index (κ3) is 3.53. The first kappa shape index (κ1) is 20.0. The molecule has 0 amide bonds. The van der Waals surface area contributed by atoms with Gasteiger partial charge in [-0.2, -0.15) is 0 Å². The highest BCUT2D eigenvalue weighted by atomic mass is 14.3. The van der Waals surface area contributed by atoms with Gasteiger partial charge in [-0.25, -0.2) is 0 Å². The zero-order valence-corrected chi connectivity index (χ0v) is 16.3. The van der Waals surface area contributed by atoms with Crippen molar-refractivity contribution in [1.29, 1.82) is 0 Å². The molecule has 0 radical (unpaired) electrons. The minimum Gasteiger partial charge on any atom is -0.0990 e. The summed E-state index contributed by atoms with van der Waals surface area (Å²) in [5.74, 6) is 0. The zero-order valence-electron chi connectivity index (χ0n) is 16.3. The van der Waals surface area contributed by atoms with E-state index >= 15 is 0 Å². The molecular formula is C24H32. The molecule has 1 aromatic rings. The minimum absolute atomic E-state index is 0.963. The van der Waals surface area contributed by atoms with E-state index in [1.54, 1.807) is 0 Å². The summed E-state index contributed by atoms with van der Waals surface area (Å²) in [6, 6.07) is 4.73. The van der Waals surface area contributed by atoms with Crippen molar-refractivity contribution in [3.8, 4) is 0 Å². The molecule has 0 fully saturated rings. The Kier molecular flexibility index (Phi) is 7.71. The van der Waals surface area contributed by atoms with E-state index in [-0.39, 0.29) is 0 Å². The van der Waals surface area contributed by atoms with Gasteiger partial charge >= 0.3 is 0 Å². The molecule has 0 nitrogen and oxygen atoms in total. The van der Waals surface area contributed by atoms with Crippen LogP contribution in [-0.4, -0.2) is 0 Å². The van der Waals surface area contributed by atoms with Gasteiger partial charge in [-0.3, -0.25) is 0 Å². The van der Waals surface area contributed by atoms with Crippen LogP contribution in [0.3, 0.4) is 0 Å². The van der Waals surface area contributed by atoms with Gasteiger partial charge in [-0.1, -0.05) is 65.2 Å². The number of benzene rings is 1. The summed E-state index contributed by atoms with van der Waals surface area (Å²) in [6.45, 7) is 20.3. The maximum atomic E-state index is 4.20.